The van der Waals surface area contributed by atoms with Crippen molar-refractivity contribution in [2.75, 3.05) is 7.11 Å². The molecular formula is C18H26O3. The van der Waals surface area contributed by atoms with Gasteiger partial charge in [0.1, 0.15) is 6.10 Å². The standard InChI is InChI=1S/C18H26O3/c1-9(2)15-17-14(21-12(5)19)7-10(3)16-13(20-6)8-11(4)18(15,16)17/h8,10,13-17H,1,7H2,2-6H3/t10-,13?,14+,15+,16-,17-,18-/m1/s1. The number of hydrogen-bond acceptors (Lipinski definition) is 3. The van der Waals surface area contributed by atoms with Crippen LogP contribution in [-0.2, 0) is 14.3 Å². The number of carbonyl (C=O) groups excluding carboxylic acids is 1. The molecular weight excluding hydrogens is 264 g/mol. The largest absolute Gasteiger partial charge is 0.462 e. The molecule has 2 fully saturated rings. The minimum Gasteiger partial charge on any atom is -0.462 e. The lowest BCUT2D eigenvalue weighted by atomic mass is 9.69. The first-order valence-electron chi connectivity index (χ1n) is 7.90. The normalized spacial score (nSPS) is 47.2. The summed E-state index contributed by atoms with van der Waals surface area (Å²) in [4.78, 5) is 11.5. The summed E-state index contributed by atoms with van der Waals surface area (Å²) in [5.74, 6) is 1.61. The molecule has 3 heteroatoms. The Bertz CT molecular complexity index is 521. The van der Waals surface area contributed by atoms with Crippen LogP contribution in [0.15, 0.2) is 23.8 Å². The van der Waals surface area contributed by atoms with Crippen molar-refractivity contribution in [3.63, 3.8) is 0 Å². The van der Waals surface area contributed by atoms with Crippen molar-refractivity contribution in [1.82, 2.24) is 0 Å². The predicted octanol–water partition coefficient (Wildman–Crippen LogP) is 3.36. The van der Waals surface area contributed by atoms with Crippen molar-refractivity contribution in [2.24, 2.45) is 29.1 Å². The van der Waals surface area contributed by atoms with Gasteiger partial charge in [-0.15, -0.1) is 0 Å². The lowest BCUT2D eigenvalue weighted by molar-refractivity contribution is -0.151. The molecule has 1 spiro atoms. The van der Waals surface area contributed by atoms with Gasteiger partial charge in [-0.25, -0.2) is 0 Å². The van der Waals surface area contributed by atoms with E-state index in [1.54, 1.807) is 7.11 Å². The highest BCUT2D eigenvalue weighted by atomic mass is 16.5. The van der Waals surface area contributed by atoms with Crippen molar-refractivity contribution in [1.29, 1.82) is 0 Å². The van der Waals surface area contributed by atoms with Gasteiger partial charge in [0.2, 0.25) is 0 Å². The smallest absolute Gasteiger partial charge is 0.302 e. The summed E-state index contributed by atoms with van der Waals surface area (Å²) in [6, 6.07) is 0. The molecule has 116 valence electrons. The lowest BCUT2D eigenvalue weighted by Gasteiger charge is -2.39. The quantitative estimate of drug-likeness (QED) is 0.590. The van der Waals surface area contributed by atoms with Gasteiger partial charge in [-0.2, -0.15) is 0 Å². The van der Waals surface area contributed by atoms with Crippen LogP contribution in [0.25, 0.3) is 0 Å². The van der Waals surface area contributed by atoms with E-state index in [0.717, 1.165) is 6.42 Å². The summed E-state index contributed by atoms with van der Waals surface area (Å²) < 4.78 is 11.4. The second-order valence-corrected chi connectivity index (χ2v) is 7.22. The maximum absolute atomic E-state index is 11.5. The number of allylic oxidation sites excluding steroid dienone is 2. The highest BCUT2D eigenvalue weighted by molar-refractivity contribution is 5.66. The molecule has 3 aliphatic rings. The summed E-state index contributed by atoms with van der Waals surface area (Å²) in [7, 11) is 1.80. The fourth-order valence-corrected chi connectivity index (χ4v) is 5.64. The second kappa shape index (κ2) is 4.70. The molecule has 1 unspecified atom stereocenters. The second-order valence-electron chi connectivity index (χ2n) is 7.22. The fourth-order valence-electron chi connectivity index (χ4n) is 5.64. The van der Waals surface area contributed by atoms with Gasteiger partial charge in [-0.05, 0) is 32.1 Å². The van der Waals surface area contributed by atoms with Gasteiger partial charge in [-0.3, -0.25) is 4.79 Å². The lowest BCUT2D eigenvalue weighted by Crippen LogP contribution is -2.40. The summed E-state index contributed by atoms with van der Waals surface area (Å²) in [6.07, 6.45) is 3.42. The molecule has 7 atom stereocenters. The maximum Gasteiger partial charge on any atom is 0.302 e. The number of carbonyl (C=O) groups is 1. The Labute approximate surface area is 127 Å². The van der Waals surface area contributed by atoms with E-state index >= 15 is 0 Å². The Morgan fingerprint density at radius 3 is 2.57 bits per heavy atom. The Balaban J connectivity index is 2.01. The number of hydrogen-bond donors (Lipinski definition) is 0. The van der Waals surface area contributed by atoms with Crippen molar-refractivity contribution in [3.8, 4) is 0 Å². The predicted molar refractivity (Wildman–Crippen MR) is 81.6 cm³/mol. The molecule has 0 aromatic heterocycles. The molecule has 0 heterocycles. The number of rotatable bonds is 3. The van der Waals surface area contributed by atoms with Gasteiger partial charge >= 0.3 is 5.97 Å². The molecule has 21 heavy (non-hydrogen) atoms. The number of ether oxygens (including phenoxy) is 2. The first kappa shape index (κ1) is 14.8. The zero-order chi connectivity index (χ0) is 15.5. The van der Waals surface area contributed by atoms with Gasteiger partial charge in [0.05, 0.1) is 6.10 Å². The van der Waals surface area contributed by atoms with Gasteiger partial charge < -0.3 is 9.47 Å². The van der Waals surface area contributed by atoms with Crippen LogP contribution >= 0.6 is 0 Å². The zero-order valence-corrected chi connectivity index (χ0v) is 13.7. The maximum atomic E-state index is 11.5. The Kier molecular flexibility index (Phi) is 3.32. The van der Waals surface area contributed by atoms with Crippen LogP contribution in [0.3, 0.4) is 0 Å². The molecule has 0 aromatic carbocycles. The van der Waals surface area contributed by atoms with Crippen LogP contribution in [0.2, 0.25) is 0 Å². The summed E-state index contributed by atoms with van der Waals surface area (Å²) in [5, 5.41) is 0. The van der Waals surface area contributed by atoms with E-state index in [-0.39, 0.29) is 23.6 Å². The molecule has 0 saturated heterocycles. The first-order valence-corrected chi connectivity index (χ1v) is 7.90. The van der Waals surface area contributed by atoms with Crippen LogP contribution < -0.4 is 0 Å². The van der Waals surface area contributed by atoms with Crippen LogP contribution in [0.1, 0.15) is 34.1 Å². The fraction of sp³-hybridized carbons (Fsp3) is 0.722. The van der Waals surface area contributed by atoms with E-state index < -0.39 is 0 Å². The van der Waals surface area contributed by atoms with Crippen molar-refractivity contribution < 1.29 is 14.3 Å². The van der Waals surface area contributed by atoms with Crippen molar-refractivity contribution in [3.05, 3.63) is 23.8 Å². The molecule has 0 N–H and O–H groups in total. The minimum absolute atomic E-state index is 0.0226. The number of methoxy groups -OCH3 is 1. The molecule has 3 rings (SSSR count). The highest BCUT2D eigenvalue weighted by Crippen LogP contribution is 2.78. The van der Waals surface area contributed by atoms with Gasteiger partial charge in [-0.1, -0.05) is 30.7 Å². The molecule has 2 saturated carbocycles. The Hall–Kier alpha value is -1.09. The topological polar surface area (TPSA) is 35.5 Å². The van der Waals surface area contributed by atoms with E-state index in [2.05, 4.69) is 33.4 Å². The molecule has 0 radical (unpaired) electrons. The monoisotopic (exact) mass is 290 g/mol. The Morgan fingerprint density at radius 1 is 1.38 bits per heavy atom. The van der Waals surface area contributed by atoms with Gasteiger partial charge in [0.25, 0.3) is 0 Å². The molecule has 0 aliphatic heterocycles. The highest BCUT2D eigenvalue weighted by Gasteiger charge is 2.77. The van der Waals surface area contributed by atoms with E-state index in [4.69, 9.17) is 9.47 Å². The average Bonchev–Trinajstić information content (AvgIpc) is 2.99. The van der Waals surface area contributed by atoms with Crippen LogP contribution in [0.4, 0.5) is 0 Å². The average molecular weight is 290 g/mol. The third-order valence-corrected chi connectivity index (χ3v) is 6.06. The van der Waals surface area contributed by atoms with Crippen molar-refractivity contribution >= 4 is 5.97 Å². The SMILES string of the molecule is C=C(C)[C@H]1[C@H]2[C@@H](OC(C)=O)C[C@@H](C)[C@@H]3C(OC)C=C(C)[C@@]213. The summed E-state index contributed by atoms with van der Waals surface area (Å²) >= 11 is 0. The minimum atomic E-state index is -0.170. The van der Waals surface area contributed by atoms with E-state index in [9.17, 15) is 4.79 Å². The van der Waals surface area contributed by atoms with E-state index in [1.165, 1.54) is 18.1 Å². The van der Waals surface area contributed by atoms with Gasteiger partial charge in [0.15, 0.2) is 0 Å². The van der Waals surface area contributed by atoms with Crippen molar-refractivity contribution in [2.45, 2.75) is 46.3 Å². The molecule has 3 aliphatic carbocycles. The van der Waals surface area contributed by atoms with E-state index in [1.807, 2.05) is 0 Å². The zero-order valence-electron chi connectivity index (χ0n) is 13.7. The molecule has 0 amide bonds. The molecule has 0 bridgehead atoms. The Morgan fingerprint density at radius 2 is 2.05 bits per heavy atom. The van der Waals surface area contributed by atoms with Crippen LogP contribution in [0, 0.1) is 29.1 Å². The third kappa shape index (κ3) is 1.79. The summed E-state index contributed by atoms with van der Waals surface area (Å²) in [6.45, 7) is 12.3. The molecule has 0 aromatic rings. The first-order chi connectivity index (χ1) is 9.85. The third-order valence-electron chi connectivity index (χ3n) is 6.06. The summed E-state index contributed by atoms with van der Waals surface area (Å²) in [5.41, 5.74) is 2.73. The van der Waals surface area contributed by atoms with Gasteiger partial charge in [0, 0.05) is 31.3 Å². The number of esters is 1. The van der Waals surface area contributed by atoms with E-state index in [0.29, 0.717) is 23.7 Å². The molecule has 3 nitrogen and oxygen atoms in total. The van der Waals surface area contributed by atoms with Crippen LogP contribution in [0.5, 0.6) is 0 Å². The van der Waals surface area contributed by atoms with Crippen LogP contribution in [-0.4, -0.2) is 25.3 Å².